The van der Waals surface area contributed by atoms with Crippen molar-refractivity contribution in [3.63, 3.8) is 0 Å². The smallest absolute Gasteiger partial charge is 0.239 e. The summed E-state index contributed by atoms with van der Waals surface area (Å²) in [4.78, 5) is 15.1. The molecule has 0 aromatic carbocycles. The van der Waals surface area contributed by atoms with E-state index in [9.17, 15) is 4.79 Å². The molecular formula is C13H22N2OS. The molecule has 17 heavy (non-hydrogen) atoms. The molecule has 1 rings (SSSR count). The molecule has 2 N–H and O–H groups in total. The third-order valence-corrected chi connectivity index (χ3v) is 4.13. The molecule has 0 aliphatic rings. The first-order chi connectivity index (χ1) is 8.06. The Bertz CT molecular complexity index is 337. The maximum absolute atomic E-state index is 12.0. The first kappa shape index (κ1) is 14.2. The molecule has 3 nitrogen and oxygen atoms in total. The highest BCUT2D eigenvalue weighted by Crippen LogP contribution is 2.11. The van der Waals surface area contributed by atoms with Gasteiger partial charge in [-0.25, -0.2) is 0 Å². The van der Waals surface area contributed by atoms with E-state index >= 15 is 0 Å². The van der Waals surface area contributed by atoms with E-state index in [1.54, 1.807) is 16.2 Å². The Labute approximate surface area is 108 Å². The highest BCUT2D eigenvalue weighted by atomic mass is 32.1. The van der Waals surface area contributed by atoms with Crippen LogP contribution >= 0.6 is 11.3 Å². The van der Waals surface area contributed by atoms with Gasteiger partial charge in [0.05, 0.1) is 6.04 Å². The van der Waals surface area contributed by atoms with E-state index in [0.717, 1.165) is 19.4 Å². The van der Waals surface area contributed by atoms with Crippen molar-refractivity contribution in [3.05, 3.63) is 22.4 Å². The Morgan fingerprint density at radius 2 is 2.29 bits per heavy atom. The summed E-state index contributed by atoms with van der Waals surface area (Å²) in [5.74, 6) is 0.294. The summed E-state index contributed by atoms with van der Waals surface area (Å²) < 4.78 is 0. The average Bonchev–Trinajstić information content (AvgIpc) is 2.86. The second-order valence-corrected chi connectivity index (χ2v) is 5.53. The van der Waals surface area contributed by atoms with Crippen LogP contribution in [0, 0.1) is 5.92 Å². The molecule has 96 valence electrons. The monoisotopic (exact) mass is 254 g/mol. The van der Waals surface area contributed by atoms with E-state index < -0.39 is 0 Å². The first-order valence-corrected chi connectivity index (χ1v) is 6.97. The molecule has 1 aromatic rings. The van der Waals surface area contributed by atoms with Gasteiger partial charge in [0, 0.05) is 18.5 Å². The number of thiophene rings is 1. The van der Waals surface area contributed by atoms with Crippen LogP contribution in [-0.2, 0) is 11.2 Å². The van der Waals surface area contributed by atoms with Crippen molar-refractivity contribution in [1.29, 1.82) is 0 Å². The zero-order valence-corrected chi connectivity index (χ0v) is 11.7. The molecule has 1 heterocycles. The van der Waals surface area contributed by atoms with Gasteiger partial charge in [0.15, 0.2) is 0 Å². The van der Waals surface area contributed by atoms with Crippen molar-refractivity contribution in [3.8, 4) is 0 Å². The van der Waals surface area contributed by atoms with Crippen LogP contribution in [0.5, 0.6) is 0 Å². The van der Waals surface area contributed by atoms with Crippen molar-refractivity contribution in [2.45, 2.75) is 32.7 Å². The van der Waals surface area contributed by atoms with Gasteiger partial charge < -0.3 is 10.6 Å². The fourth-order valence-electron chi connectivity index (χ4n) is 1.59. The number of hydrogen-bond donors (Lipinski definition) is 1. The minimum absolute atomic E-state index is 0.0518. The summed E-state index contributed by atoms with van der Waals surface area (Å²) in [5, 5.41) is 2.06. The van der Waals surface area contributed by atoms with Gasteiger partial charge in [-0.2, -0.15) is 0 Å². The van der Waals surface area contributed by atoms with Gasteiger partial charge in [0.25, 0.3) is 0 Å². The molecule has 0 aliphatic carbocycles. The molecule has 0 saturated heterocycles. The summed E-state index contributed by atoms with van der Waals surface area (Å²) in [6.07, 6.45) is 1.85. The molecule has 0 bridgehead atoms. The number of nitrogens with zero attached hydrogens (tertiary/aromatic N) is 1. The Kier molecular flexibility index (Phi) is 5.65. The number of likely N-dealkylation sites (N-methyl/N-ethyl adjacent to an activating group) is 1. The van der Waals surface area contributed by atoms with Gasteiger partial charge in [0.1, 0.15) is 0 Å². The second-order valence-electron chi connectivity index (χ2n) is 4.50. The minimum atomic E-state index is -0.367. The lowest BCUT2D eigenvalue weighted by atomic mass is 9.99. The summed E-state index contributed by atoms with van der Waals surface area (Å²) in [5.41, 5.74) is 5.93. The predicted molar refractivity (Wildman–Crippen MR) is 73.1 cm³/mol. The molecule has 0 aliphatic heterocycles. The Morgan fingerprint density at radius 1 is 1.59 bits per heavy atom. The highest BCUT2D eigenvalue weighted by Gasteiger charge is 2.22. The van der Waals surface area contributed by atoms with E-state index in [-0.39, 0.29) is 17.9 Å². The van der Waals surface area contributed by atoms with Crippen LogP contribution in [0.4, 0.5) is 0 Å². The van der Waals surface area contributed by atoms with E-state index in [1.165, 1.54) is 4.88 Å². The standard InChI is InChI=1S/C13H22N2OS/c1-4-10(2)12(14)13(16)15(3)8-7-11-6-5-9-17-11/h5-6,9-10,12H,4,7-8,14H2,1-3H3/t10-,12-/m0/s1. The topological polar surface area (TPSA) is 46.3 Å². The minimum Gasteiger partial charge on any atom is -0.344 e. The lowest BCUT2D eigenvalue weighted by Gasteiger charge is -2.24. The number of amides is 1. The predicted octanol–water partition coefficient (Wildman–Crippen LogP) is 2.12. The zero-order valence-electron chi connectivity index (χ0n) is 10.8. The van der Waals surface area contributed by atoms with Crippen molar-refractivity contribution < 1.29 is 4.79 Å². The molecule has 0 fully saturated rings. The van der Waals surface area contributed by atoms with Gasteiger partial charge in [0.2, 0.25) is 5.91 Å². The van der Waals surface area contributed by atoms with Gasteiger partial charge in [-0.15, -0.1) is 11.3 Å². The Balaban J connectivity index is 2.41. The SMILES string of the molecule is CC[C@H](C)[C@H](N)C(=O)N(C)CCc1cccs1. The molecule has 0 radical (unpaired) electrons. The van der Waals surface area contributed by atoms with Crippen LogP contribution in [0.25, 0.3) is 0 Å². The van der Waals surface area contributed by atoms with Gasteiger partial charge >= 0.3 is 0 Å². The van der Waals surface area contributed by atoms with Crippen molar-refractivity contribution in [1.82, 2.24) is 4.90 Å². The van der Waals surface area contributed by atoms with E-state index in [4.69, 9.17) is 5.73 Å². The Hall–Kier alpha value is -0.870. The molecule has 0 spiro atoms. The molecular weight excluding hydrogens is 232 g/mol. The van der Waals surface area contributed by atoms with E-state index in [1.807, 2.05) is 20.0 Å². The Morgan fingerprint density at radius 3 is 2.82 bits per heavy atom. The molecule has 0 saturated carbocycles. The van der Waals surface area contributed by atoms with Crippen LogP contribution in [0.3, 0.4) is 0 Å². The van der Waals surface area contributed by atoms with E-state index in [0.29, 0.717) is 0 Å². The largest absolute Gasteiger partial charge is 0.344 e. The quantitative estimate of drug-likeness (QED) is 0.845. The van der Waals surface area contributed by atoms with Crippen LogP contribution < -0.4 is 5.73 Å². The first-order valence-electron chi connectivity index (χ1n) is 6.09. The van der Waals surface area contributed by atoms with Gasteiger partial charge in [-0.1, -0.05) is 26.3 Å². The van der Waals surface area contributed by atoms with Gasteiger partial charge in [-0.3, -0.25) is 4.79 Å². The maximum atomic E-state index is 12.0. The lowest BCUT2D eigenvalue weighted by Crippen LogP contribution is -2.46. The third kappa shape index (κ3) is 4.13. The lowest BCUT2D eigenvalue weighted by molar-refractivity contribution is -0.132. The number of hydrogen-bond acceptors (Lipinski definition) is 3. The number of carbonyl (C=O) groups is 1. The average molecular weight is 254 g/mol. The number of rotatable bonds is 6. The fourth-order valence-corrected chi connectivity index (χ4v) is 2.29. The molecule has 2 atom stereocenters. The summed E-state index contributed by atoms with van der Waals surface area (Å²) in [6.45, 7) is 4.82. The molecule has 4 heteroatoms. The fraction of sp³-hybridized carbons (Fsp3) is 0.615. The summed E-state index contributed by atoms with van der Waals surface area (Å²) in [6, 6.07) is 3.76. The number of nitrogens with two attached hydrogens (primary N) is 1. The normalized spacial score (nSPS) is 14.4. The van der Waals surface area contributed by atoms with Gasteiger partial charge in [-0.05, 0) is 23.8 Å². The summed E-state index contributed by atoms with van der Waals surface area (Å²) >= 11 is 1.73. The van der Waals surface area contributed by atoms with Crippen molar-refractivity contribution in [2.75, 3.05) is 13.6 Å². The van der Waals surface area contributed by atoms with Crippen molar-refractivity contribution >= 4 is 17.2 Å². The maximum Gasteiger partial charge on any atom is 0.239 e. The highest BCUT2D eigenvalue weighted by molar-refractivity contribution is 7.09. The van der Waals surface area contributed by atoms with Crippen LogP contribution in [0.15, 0.2) is 17.5 Å². The van der Waals surface area contributed by atoms with Crippen molar-refractivity contribution in [2.24, 2.45) is 11.7 Å². The molecule has 0 unspecified atom stereocenters. The van der Waals surface area contributed by atoms with Crippen LogP contribution in [0.2, 0.25) is 0 Å². The van der Waals surface area contributed by atoms with E-state index in [2.05, 4.69) is 18.4 Å². The van der Waals surface area contributed by atoms with Crippen LogP contribution in [0.1, 0.15) is 25.1 Å². The number of carbonyl (C=O) groups excluding carboxylic acids is 1. The molecule has 1 aromatic heterocycles. The third-order valence-electron chi connectivity index (χ3n) is 3.19. The summed E-state index contributed by atoms with van der Waals surface area (Å²) in [7, 11) is 1.83. The second kappa shape index (κ2) is 6.77. The van der Waals surface area contributed by atoms with Crippen LogP contribution in [-0.4, -0.2) is 30.4 Å². The molecule has 1 amide bonds. The zero-order chi connectivity index (χ0) is 12.8.